The van der Waals surface area contributed by atoms with Gasteiger partial charge in [0.05, 0.1) is 12.0 Å². The number of benzene rings is 2. The molecule has 124 valence electrons. The molecule has 0 aliphatic rings. The zero-order valence-electron chi connectivity index (χ0n) is 11.2. The van der Waals surface area contributed by atoms with Gasteiger partial charge in [0.2, 0.25) is 15.7 Å². The van der Waals surface area contributed by atoms with Gasteiger partial charge in [-0.05, 0) is 12.1 Å². The Balaban J connectivity index is 2.78. The molecular formula is C13H7F5O4S. The lowest BCUT2D eigenvalue weighted by molar-refractivity contribution is 0.357. The molecule has 0 saturated carbocycles. The molecule has 0 aliphatic heterocycles. The summed E-state index contributed by atoms with van der Waals surface area (Å²) in [5, 5.41) is 9.51. The largest absolute Gasteiger partial charge is 0.504 e. The number of hydrogen-bond donors (Lipinski definition) is 1. The van der Waals surface area contributed by atoms with E-state index in [-0.39, 0.29) is 5.75 Å². The average molecular weight is 354 g/mol. The first-order valence-electron chi connectivity index (χ1n) is 5.76. The van der Waals surface area contributed by atoms with Gasteiger partial charge in [-0.15, -0.1) is 0 Å². The highest BCUT2D eigenvalue weighted by Gasteiger charge is 2.34. The summed E-state index contributed by atoms with van der Waals surface area (Å²) in [6, 6.07) is 2.30. The number of sulfone groups is 1. The van der Waals surface area contributed by atoms with Crippen LogP contribution >= 0.6 is 0 Å². The first-order chi connectivity index (χ1) is 10.6. The maximum atomic E-state index is 13.6. The summed E-state index contributed by atoms with van der Waals surface area (Å²) in [4.78, 5) is -2.88. The van der Waals surface area contributed by atoms with E-state index in [4.69, 9.17) is 0 Å². The average Bonchev–Trinajstić information content (AvgIpc) is 2.50. The smallest absolute Gasteiger partial charge is 0.212 e. The summed E-state index contributed by atoms with van der Waals surface area (Å²) < 4.78 is 95.5. The van der Waals surface area contributed by atoms with Crippen LogP contribution in [0.15, 0.2) is 28.0 Å². The maximum absolute atomic E-state index is 13.6. The Labute approximate surface area is 126 Å². The Morgan fingerprint density at radius 2 is 1.39 bits per heavy atom. The molecular weight excluding hydrogens is 347 g/mol. The van der Waals surface area contributed by atoms with E-state index in [1.165, 1.54) is 0 Å². The molecule has 0 saturated heterocycles. The van der Waals surface area contributed by atoms with Crippen LogP contribution in [0.2, 0.25) is 0 Å². The van der Waals surface area contributed by atoms with Gasteiger partial charge in [-0.3, -0.25) is 0 Å². The number of aromatic hydroxyl groups is 1. The summed E-state index contributed by atoms with van der Waals surface area (Å²) >= 11 is 0. The zero-order chi connectivity index (χ0) is 17.5. The van der Waals surface area contributed by atoms with Crippen molar-refractivity contribution in [1.29, 1.82) is 0 Å². The van der Waals surface area contributed by atoms with Crippen molar-refractivity contribution >= 4 is 9.84 Å². The van der Waals surface area contributed by atoms with E-state index >= 15 is 0 Å². The molecule has 0 aromatic heterocycles. The van der Waals surface area contributed by atoms with Crippen molar-refractivity contribution in [3.8, 4) is 11.5 Å². The number of methoxy groups -OCH3 is 1. The van der Waals surface area contributed by atoms with Crippen LogP contribution in [-0.4, -0.2) is 20.6 Å². The van der Waals surface area contributed by atoms with E-state index in [0.717, 1.165) is 19.2 Å². The van der Waals surface area contributed by atoms with Crippen LogP contribution in [0, 0.1) is 29.1 Å². The fourth-order valence-corrected chi connectivity index (χ4v) is 3.18. The van der Waals surface area contributed by atoms with E-state index in [0.29, 0.717) is 6.07 Å². The lowest BCUT2D eigenvalue weighted by Gasteiger charge is -2.10. The minimum atomic E-state index is -5.12. The molecule has 10 heteroatoms. The Bertz CT molecular complexity index is 867. The lowest BCUT2D eigenvalue weighted by Crippen LogP contribution is -2.13. The summed E-state index contributed by atoms with van der Waals surface area (Å²) in [5.74, 6) is -13.1. The van der Waals surface area contributed by atoms with Crippen molar-refractivity contribution in [2.75, 3.05) is 7.11 Å². The monoisotopic (exact) mass is 354 g/mol. The normalized spacial score (nSPS) is 11.6. The van der Waals surface area contributed by atoms with E-state index in [9.17, 15) is 35.5 Å². The molecule has 2 aromatic rings. The molecule has 1 N–H and O–H groups in total. The van der Waals surface area contributed by atoms with Gasteiger partial charge >= 0.3 is 0 Å². The van der Waals surface area contributed by atoms with E-state index < -0.39 is 54.5 Å². The number of halogens is 5. The molecule has 0 heterocycles. The van der Waals surface area contributed by atoms with Crippen molar-refractivity contribution in [3.05, 3.63) is 47.3 Å². The summed E-state index contributed by atoms with van der Waals surface area (Å²) in [6.45, 7) is 0. The zero-order valence-corrected chi connectivity index (χ0v) is 12.0. The molecule has 0 radical (unpaired) electrons. The number of phenols is 1. The minimum absolute atomic E-state index is 0.152. The quantitative estimate of drug-likeness (QED) is 0.398. The Hall–Kier alpha value is -2.36. The van der Waals surface area contributed by atoms with Gasteiger partial charge < -0.3 is 9.84 Å². The number of rotatable bonds is 3. The molecule has 0 spiro atoms. The molecule has 0 atom stereocenters. The van der Waals surface area contributed by atoms with Crippen molar-refractivity contribution in [1.82, 2.24) is 0 Å². The summed E-state index contributed by atoms with van der Waals surface area (Å²) in [5.41, 5.74) is 0. The van der Waals surface area contributed by atoms with Gasteiger partial charge in [-0.2, -0.15) is 0 Å². The topological polar surface area (TPSA) is 63.6 Å². The molecule has 2 rings (SSSR count). The highest BCUT2D eigenvalue weighted by atomic mass is 32.2. The van der Waals surface area contributed by atoms with Crippen molar-refractivity contribution < 1.29 is 40.2 Å². The second-order valence-corrected chi connectivity index (χ2v) is 6.12. The maximum Gasteiger partial charge on any atom is 0.212 e. The van der Waals surface area contributed by atoms with Crippen molar-refractivity contribution in [2.24, 2.45) is 0 Å². The number of hydrogen-bond acceptors (Lipinski definition) is 4. The van der Waals surface area contributed by atoms with Gasteiger partial charge in [0, 0.05) is 6.07 Å². The number of phenolic OH excluding ortho intramolecular Hbond substituents is 1. The molecule has 0 bridgehead atoms. The third-order valence-corrected chi connectivity index (χ3v) is 4.67. The van der Waals surface area contributed by atoms with Crippen molar-refractivity contribution in [3.63, 3.8) is 0 Å². The molecule has 2 aromatic carbocycles. The third kappa shape index (κ3) is 2.58. The van der Waals surface area contributed by atoms with Crippen molar-refractivity contribution in [2.45, 2.75) is 9.79 Å². The van der Waals surface area contributed by atoms with Crippen LogP contribution in [0.3, 0.4) is 0 Å². The standard InChI is InChI=1S/C13H7F5O4S/c1-22-7-3-2-5(4-6(7)19)23(20,21)13-11(17)9(15)8(14)10(16)12(13)18/h2-4,19H,1H3. The first kappa shape index (κ1) is 17.0. The predicted octanol–water partition coefficient (Wildman–Crippen LogP) is 2.93. The van der Waals surface area contributed by atoms with Crippen LogP contribution < -0.4 is 4.74 Å². The Morgan fingerprint density at radius 1 is 0.913 bits per heavy atom. The third-order valence-electron chi connectivity index (χ3n) is 2.90. The van der Waals surface area contributed by atoms with Crippen LogP contribution in [0.25, 0.3) is 0 Å². The first-order valence-corrected chi connectivity index (χ1v) is 7.24. The molecule has 0 fully saturated rings. The Kier molecular flexibility index (Phi) is 4.20. The van der Waals surface area contributed by atoms with Crippen LogP contribution in [-0.2, 0) is 9.84 Å². The van der Waals surface area contributed by atoms with Gasteiger partial charge in [0.25, 0.3) is 0 Å². The molecule has 0 unspecified atom stereocenters. The minimum Gasteiger partial charge on any atom is -0.504 e. The van der Waals surface area contributed by atoms with Gasteiger partial charge in [-0.25, -0.2) is 30.4 Å². The highest BCUT2D eigenvalue weighted by Crippen LogP contribution is 2.34. The molecule has 4 nitrogen and oxygen atoms in total. The number of ether oxygens (including phenoxy) is 1. The fraction of sp³-hybridized carbons (Fsp3) is 0.0769. The van der Waals surface area contributed by atoms with E-state index in [1.807, 2.05) is 0 Å². The molecule has 23 heavy (non-hydrogen) atoms. The van der Waals surface area contributed by atoms with Crippen LogP contribution in [0.1, 0.15) is 0 Å². The summed E-state index contributed by atoms with van der Waals surface area (Å²) in [7, 11) is -3.96. The lowest BCUT2D eigenvalue weighted by atomic mass is 10.3. The van der Waals surface area contributed by atoms with E-state index in [2.05, 4.69) is 4.74 Å². The highest BCUT2D eigenvalue weighted by molar-refractivity contribution is 7.91. The van der Waals surface area contributed by atoms with Gasteiger partial charge in [0.15, 0.2) is 34.8 Å². The van der Waals surface area contributed by atoms with Gasteiger partial charge in [0.1, 0.15) is 4.90 Å². The fourth-order valence-electron chi connectivity index (χ4n) is 1.78. The predicted molar refractivity (Wildman–Crippen MR) is 66.3 cm³/mol. The summed E-state index contributed by atoms with van der Waals surface area (Å²) in [6.07, 6.45) is 0. The van der Waals surface area contributed by atoms with Crippen LogP contribution in [0.4, 0.5) is 22.0 Å². The molecule has 0 aliphatic carbocycles. The molecule has 0 amide bonds. The van der Waals surface area contributed by atoms with E-state index in [1.54, 1.807) is 0 Å². The second kappa shape index (κ2) is 5.69. The van der Waals surface area contributed by atoms with Gasteiger partial charge in [-0.1, -0.05) is 0 Å². The second-order valence-electron chi connectivity index (χ2n) is 4.24. The Morgan fingerprint density at radius 3 is 1.83 bits per heavy atom. The SMILES string of the molecule is COc1ccc(S(=O)(=O)c2c(F)c(F)c(F)c(F)c2F)cc1O. The van der Waals surface area contributed by atoms with Crippen LogP contribution in [0.5, 0.6) is 11.5 Å².